The average molecular weight is 449 g/mol. The van der Waals surface area contributed by atoms with Crippen LogP contribution in [0, 0.1) is 0 Å². The van der Waals surface area contributed by atoms with Gasteiger partial charge >= 0.3 is 0 Å². The van der Waals surface area contributed by atoms with Crippen molar-refractivity contribution >= 4 is 11.6 Å². The second-order valence-electron chi connectivity index (χ2n) is 7.64. The fraction of sp³-hybridized carbons (Fsp3) is 0.217. The molecule has 0 spiro atoms. The van der Waals surface area contributed by atoms with Gasteiger partial charge in [0.25, 0.3) is 5.56 Å². The smallest absolute Gasteiger partial charge is 0.265 e. The monoisotopic (exact) mass is 449 g/mol. The van der Waals surface area contributed by atoms with Crippen LogP contribution in [-0.4, -0.2) is 46.9 Å². The molecule has 0 aliphatic heterocycles. The van der Waals surface area contributed by atoms with Crippen LogP contribution in [0.4, 0.5) is 0 Å². The van der Waals surface area contributed by atoms with Crippen LogP contribution in [0.1, 0.15) is 29.2 Å². The maximum atomic E-state index is 13.2. The number of benzene rings is 1. The molecule has 0 saturated heterocycles. The van der Waals surface area contributed by atoms with E-state index in [1.165, 1.54) is 16.5 Å². The second kappa shape index (κ2) is 9.03. The van der Waals surface area contributed by atoms with E-state index in [-0.39, 0.29) is 35.9 Å². The van der Waals surface area contributed by atoms with Crippen molar-refractivity contribution in [2.24, 2.45) is 7.05 Å². The molecule has 4 rings (SSSR count). The van der Waals surface area contributed by atoms with Crippen LogP contribution < -0.4 is 10.9 Å². The Balaban J connectivity index is 1.58. The zero-order chi connectivity index (χ0) is 23.5. The first-order valence-electron chi connectivity index (χ1n) is 10.3. The number of phenolic OH excluding ortho intramolecular Hbond substituents is 2. The molecule has 0 saturated carbocycles. The number of hydrogen-bond donors (Lipinski definition) is 4. The number of phenols is 2. The number of aryl methyl sites for hydroxylation is 1. The third-order valence-corrected chi connectivity index (χ3v) is 5.48. The maximum Gasteiger partial charge on any atom is 0.265 e. The Kier molecular flexibility index (Phi) is 5.99. The SMILES string of the molecule is Cn1nccc1[C@@H](CC(=O)NCCc1ccc(O)c(O)c1)c1c(O)nc2ccccn2c1=O. The van der Waals surface area contributed by atoms with Crippen molar-refractivity contribution in [1.29, 1.82) is 0 Å². The molecule has 0 aliphatic carbocycles. The predicted molar refractivity (Wildman–Crippen MR) is 119 cm³/mol. The van der Waals surface area contributed by atoms with E-state index in [0.717, 1.165) is 5.56 Å². The van der Waals surface area contributed by atoms with Crippen LogP contribution in [-0.2, 0) is 18.3 Å². The van der Waals surface area contributed by atoms with E-state index in [2.05, 4.69) is 15.4 Å². The third-order valence-electron chi connectivity index (χ3n) is 5.48. The number of carbonyl (C=O) groups excluding carboxylic acids is 1. The van der Waals surface area contributed by atoms with Crippen LogP contribution in [0.25, 0.3) is 5.65 Å². The summed E-state index contributed by atoms with van der Waals surface area (Å²) in [5.74, 6) is -1.97. The van der Waals surface area contributed by atoms with E-state index >= 15 is 0 Å². The zero-order valence-corrected chi connectivity index (χ0v) is 17.8. The van der Waals surface area contributed by atoms with Crippen molar-refractivity contribution in [3.63, 3.8) is 0 Å². The molecule has 4 aromatic rings. The molecule has 0 bridgehead atoms. The Morgan fingerprint density at radius 1 is 1.12 bits per heavy atom. The number of aromatic nitrogens is 4. The lowest BCUT2D eigenvalue weighted by Gasteiger charge is -2.18. The van der Waals surface area contributed by atoms with Crippen LogP contribution in [0.3, 0.4) is 0 Å². The van der Waals surface area contributed by atoms with E-state index in [4.69, 9.17) is 0 Å². The topological polar surface area (TPSA) is 142 Å². The maximum absolute atomic E-state index is 13.2. The third kappa shape index (κ3) is 4.49. The number of amides is 1. The molecule has 0 fully saturated rings. The predicted octanol–water partition coefficient (Wildman–Crippen LogP) is 1.43. The first-order valence-corrected chi connectivity index (χ1v) is 10.3. The minimum atomic E-state index is -0.771. The summed E-state index contributed by atoms with van der Waals surface area (Å²) in [6, 6.07) is 11.2. The molecule has 10 nitrogen and oxygen atoms in total. The van der Waals surface area contributed by atoms with Crippen molar-refractivity contribution in [3.8, 4) is 17.4 Å². The van der Waals surface area contributed by atoms with Crippen molar-refractivity contribution in [3.05, 3.63) is 82.0 Å². The largest absolute Gasteiger partial charge is 0.504 e. The van der Waals surface area contributed by atoms with Gasteiger partial charge in [-0.25, -0.2) is 0 Å². The fourth-order valence-corrected chi connectivity index (χ4v) is 3.80. The summed E-state index contributed by atoms with van der Waals surface area (Å²) in [7, 11) is 1.70. The highest BCUT2D eigenvalue weighted by molar-refractivity contribution is 5.77. The Hall–Kier alpha value is -4.34. The van der Waals surface area contributed by atoms with Crippen LogP contribution in [0.2, 0.25) is 0 Å². The summed E-state index contributed by atoms with van der Waals surface area (Å²) < 4.78 is 2.88. The van der Waals surface area contributed by atoms with Gasteiger partial charge in [0.2, 0.25) is 11.8 Å². The summed E-state index contributed by atoms with van der Waals surface area (Å²) in [6.45, 7) is 0.280. The quantitative estimate of drug-likeness (QED) is 0.313. The average Bonchev–Trinajstić information content (AvgIpc) is 3.21. The van der Waals surface area contributed by atoms with Gasteiger partial charge in [-0.05, 0) is 42.3 Å². The molecular formula is C23H23N5O5. The molecule has 0 unspecified atom stereocenters. The fourth-order valence-electron chi connectivity index (χ4n) is 3.80. The summed E-state index contributed by atoms with van der Waals surface area (Å²) in [4.78, 5) is 30.1. The van der Waals surface area contributed by atoms with Crippen molar-refractivity contribution in [1.82, 2.24) is 24.5 Å². The van der Waals surface area contributed by atoms with E-state index in [1.54, 1.807) is 54.5 Å². The van der Waals surface area contributed by atoms with Crippen LogP contribution in [0.15, 0.2) is 59.7 Å². The molecule has 3 aromatic heterocycles. The van der Waals surface area contributed by atoms with E-state index in [0.29, 0.717) is 17.8 Å². The number of aromatic hydroxyl groups is 3. The molecule has 170 valence electrons. The van der Waals surface area contributed by atoms with Gasteiger partial charge in [0.05, 0.1) is 5.56 Å². The molecule has 3 heterocycles. The molecule has 0 radical (unpaired) electrons. The number of hydrogen-bond acceptors (Lipinski definition) is 7. The lowest BCUT2D eigenvalue weighted by atomic mass is 9.93. The Bertz CT molecular complexity index is 1380. The zero-order valence-electron chi connectivity index (χ0n) is 17.8. The van der Waals surface area contributed by atoms with Crippen molar-refractivity contribution in [2.75, 3.05) is 6.54 Å². The standard InChI is InChI=1S/C23H23N5O5/c1-27-16(8-10-25-27)15(21-22(32)26-19-4-2-3-11-28(19)23(21)33)13-20(31)24-9-7-14-5-6-17(29)18(30)12-14/h2-6,8,10-12,15,29-30,32H,7,9,13H2,1H3,(H,24,31)/t15-/m1/s1. The Labute approximate surface area is 188 Å². The van der Waals surface area contributed by atoms with Gasteiger partial charge in [-0.3, -0.25) is 18.7 Å². The summed E-state index contributed by atoms with van der Waals surface area (Å²) in [5, 5.41) is 36.6. The first-order chi connectivity index (χ1) is 15.8. The summed E-state index contributed by atoms with van der Waals surface area (Å²) >= 11 is 0. The normalized spacial score (nSPS) is 12.0. The highest BCUT2D eigenvalue weighted by Gasteiger charge is 2.28. The number of rotatable bonds is 7. The van der Waals surface area contributed by atoms with Gasteiger partial charge in [-0.1, -0.05) is 12.1 Å². The number of fused-ring (bicyclic) bond motifs is 1. The van der Waals surface area contributed by atoms with E-state index in [1.807, 2.05) is 0 Å². The summed E-state index contributed by atoms with van der Waals surface area (Å²) in [6.07, 6.45) is 3.44. The number of carbonyl (C=O) groups is 1. The number of nitrogens with zero attached hydrogens (tertiary/aromatic N) is 4. The van der Waals surface area contributed by atoms with Gasteiger partial charge in [-0.15, -0.1) is 0 Å². The molecule has 1 aromatic carbocycles. The molecule has 0 aliphatic rings. The van der Waals surface area contributed by atoms with Crippen molar-refractivity contribution < 1.29 is 20.1 Å². The highest BCUT2D eigenvalue weighted by atomic mass is 16.3. The Morgan fingerprint density at radius 2 is 1.94 bits per heavy atom. The van der Waals surface area contributed by atoms with Gasteiger partial charge < -0.3 is 20.6 Å². The number of pyridine rings is 1. The van der Waals surface area contributed by atoms with Crippen LogP contribution >= 0.6 is 0 Å². The molecular weight excluding hydrogens is 426 g/mol. The molecule has 1 amide bonds. The summed E-state index contributed by atoms with van der Waals surface area (Å²) in [5.41, 5.74) is 1.17. The minimum Gasteiger partial charge on any atom is -0.504 e. The minimum absolute atomic E-state index is 0.0147. The lowest BCUT2D eigenvalue weighted by Crippen LogP contribution is -2.30. The number of nitrogens with one attached hydrogen (secondary N) is 1. The molecule has 1 atom stereocenters. The lowest BCUT2D eigenvalue weighted by molar-refractivity contribution is -0.121. The van der Waals surface area contributed by atoms with Crippen LogP contribution in [0.5, 0.6) is 17.4 Å². The van der Waals surface area contributed by atoms with Crippen molar-refractivity contribution in [2.45, 2.75) is 18.8 Å². The second-order valence-corrected chi connectivity index (χ2v) is 7.64. The van der Waals surface area contributed by atoms with E-state index in [9.17, 15) is 24.9 Å². The van der Waals surface area contributed by atoms with Gasteiger partial charge in [0.1, 0.15) is 5.65 Å². The van der Waals surface area contributed by atoms with Gasteiger partial charge in [-0.2, -0.15) is 10.1 Å². The van der Waals surface area contributed by atoms with Gasteiger partial charge in [0.15, 0.2) is 11.5 Å². The highest BCUT2D eigenvalue weighted by Crippen LogP contribution is 2.30. The van der Waals surface area contributed by atoms with Gasteiger partial charge in [0, 0.05) is 44.0 Å². The van der Waals surface area contributed by atoms with E-state index < -0.39 is 17.4 Å². The first kappa shape index (κ1) is 21.9. The molecule has 10 heteroatoms. The molecule has 4 N–H and O–H groups in total. The Morgan fingerprint density at radius 3 is 2.67 bits per heavy atom. The molecule has 33 heavy (non-hydrogen) atoms.